The number of rotatable bonds is 5. The van der Waals surface area contributed by atoms with Crippen LogP contribution >= 0.6 is 0 Å². The highest BCUT2D eigenvalue weighted by Gasteiger charge is 2.29. The van der Waals surface area contributed by atoms with Crippen molar-refractivity contribution in [2.24, 2.45) is 0 Å². The van der Waals surface area contributed by atoms with E-state index >= 15 is 0 Å². The van der Waals surface area contributed by atoms with Gasteiger partial charge >= 0.3 is 0 Å². The van der Waals surface area contributed by atoms with Crippen LogP contribution in [0.3, 0.4) is 0 Å². The number of aromatic nitrogens is 2. The number of anilines is 1. The number of aliphatic hydroxyl groups excluding tert-OH is 1. The quantitative estimate of drug-likeness (QED) is 0.799. The monoisotopic (exact) mass is 295 g/mol. The molecule has 1 aromatic heterocycles. The molecule has 1 fully saturated rings. The number of piperidine rings is 1. The van der Waals surface area contributed by atoms with E-state index in [0.717, 1.165) is 25.9 Å². The molecule has 1 saturated heterocycles. The predicted molar refractivity (Wildman–Crippen MR) is 81.0 cm³/mol. The van der Waals surface area contributed by atoms with Gasteiger partial charge in [0.25, 0.3) is 5.91 Å². The van der Waals surface area contributed by atoms with Crippen molar-refractivity contribution in [1.29, 1.82) is 0 Å². The molecule has 1 aromatic rings. The van der Waals surface area contributed by atoms with Crippen LogP contribution in [-0.4, -0.2) is 69.9 Å². The third-order valence-corrected chi connectivity index (χ3v) is 4.05. The Labute approximate surface area is 125 Å². The highest BCUT2D eigenvalue weighted by atomic mass is 16.3. The van der Waals surface area contributed by atoms with Crippen LogP contribution in [0.1, 0.15) is 30.3 Å². The second-order valence-electron chi connectivity index (χ2n) is 5.55. The maximum Gasteiger partial charge on any atom is 0.276 e. The second kappa shape index (κ2) is 6.91. The normalized spacial score (nSPS) is 17.1. The van der Waals surface area contributed by atoms with Gasteiger partial charge in [-0.3, -0.25) is 9.48 Å². The number of hydrogen-bond acceptors (Lipinski definition) is 5. The summed E-state index contributed by atoms with van der Waals surface area (Å²) in [6.07, 6.45) is 3.51. The first-order valence-electron chi connectivity index (χ1n) is 7.50. The average molecular weight is 295 g/mol. The number of aryl methyl sites for hydroxylation is 1. The van der Waals surface area contributed by atoms with Crippen LogP contribution in [-0.2, 0) is 6.54 Å². The molecule has 21 heavy (non-hydrogen) atoms. The first-order valence-corrected chi connectivity index (χ1v) is 7.50. The van der Waals surface area contributed by atoms with Crippen LogP contribution in [0, 0.1) is 0 Å². The Morgan fingerprint density at radius 1 is 1.52 bits per heavy atom. The number of hydrogen-bond donors (Lipinski definition) is 2. The Morgan fingerprint density at radius 2 is 2.19 bits per heavy atom. The lowest BCUT2D eigenvalue weighted by atomic mass is 10.0. The van der Waals surface area contributed by atoms with Crippen LogP contribution < -0.4 is 5.73 Å². The Hall–Kier alpha value is -1.60. The summed E-state index contributed by atoms with van der Waals surface area (Å²) >= 11 is 0. The van der Waals surface area contributed by atoms with Crippen molar-refractivity contribution < 1.29 is 9.90 Å². The van der Waals surface area contributed by atoms with Gasteiger partial charge in [-0.15, -0.1) is 0 Å². The number of aliphatic hydroxyl groups is 1. The topological polar surface area (TPSA) is 87.6 Å². The number of nitrogens with two attached hydrogens (primary N) is 1. The summed E-state index contributed by atoms with van der Waals surface area (Å²) in [5.41, 5.74) is 6.60. The minimum absolute atomic E-state index is 0.0491. The van der Waals surface area contributed by atoms with E-state index in [1.54, 1.807) is 15.8 Å². The number of carbonyl (C=O) groups is 1. The van der Waals surface area contributed by atoms with Gasteiger partial charge < -0.3 is 20.6 Å². The summed E-state index contributed by atoms with van der Waals surface area (Å²) < 4.78 is 1.66. The van der Waals surface area contributed by atoms with Gasteiger partial charge in [0, 0.05) is 25.3 Å². The van der Waals surface area contributed by atoms with Crippen molar-refractivity contribution in [2.75, 3.05) is 39.0 Å². The number of likely N-dealkylation sites (tertiary alicyclic amines) is 1. The molecule has 0 aromatic carbocycles. The number of carbonyl (C=O) groups excluding carboxylic acids is 1. The average Bonchev–Trinajstić information content (AvgIpc) is 2.86. The van der Waals surface area contributed by atoms with E-state index in [-0.39, 0.29) is 18.6 Å². The van der Waals surface area contributed by atoms with Gasteiger partial charge in [0.2, 0.25) is 0 Å². The molecule has 1 amide bonds. The van der Waals surface area contributed by atoms with E-state index in [2.05, 4.69) is 17.0 Å². The molecule has 1 aliphatic heterocycles. The van der Waals surface area contributed by atoms with Crippen molar-refractivity contribution in [2.45, 2.75) is 32.4 Å². The summed E-state index contributed by atoms with van der Waals surface area (Å²) in [7, 11) is 2.08. The van der Waals surface area contributed by atoms with Crippen LogP contribution in [0.4, 0.5) is 5.69 Å². The number of nitrogen functional groups attached to an aromatic ring is 1. The molecule has 0 radical (unpaired) electrons. The Morgan fingerprint density at radius 3 is 2.71 bits per heavy atom. The maximum absolute atomic E-state index is 12.7. The summed E-state index contributed by atoms with van der Waals surface area (Å²) in [4.78, 5) is 16.7. The Balaban J connectivity index is 2.16. The second-order valence-corrected chi connectivity index (χ2v) is 5.55. The maximum atomic E-state index is 12.7. The van der Waals surface area contributed by atoms with Gasteiger partial charge in [0.05, 0.1) is 12.3 Å². The van der Waals surface area contributed by atoms with E-state index in [1.807, 2.05) is 6.92 Å². The van der Waals surface area contributed by atoms with E-state index < -0.39 is 0 Å². The third kappa shape index (κ3) is 3.54. The minimum Gasteiger partial charge on any atom is -0.396 e. The summed E-state index contributed by atoms with van der Waals surface area (Å²) in [5.74, 6) is -0.177. The molecular weight excluding hydrogens is 270 g/mol. The lowest BCUT2D eigenvalue weighted by Gasteiger charge is -2.36. The molecule has 0 atom stereocenters. The van der Waals surface area contributed by atoms with Crippen molar-refractivity contribution in [3.8, 4) is 0 Å². The van der Waals surface area contributed by atoms with Crippen molar-refractivity contribution in [3.05, 3.63) is 11.9 Å². The predicted octanol–water partition coefficient (Wildman–Crippen LogP) is 0.0139. The molecule has 3 N–H and O–H groups in total. The number of nitrogens with zero attached hydrogens (tertiary/aromatic N) is 4. The largest absolute Gasteiger partial charge is 0.396 e. The molecule has 2 heterocycles. The van der Waals surface area contributed by atoms with Gasteiger partial charge in [0.15, 0.2) is 5.69 Å². The van der Waals surface area contributed by atoms with E-state index in [1.165, 1.54) is 0 Å². The lowest BCUT2D eigenvalue weighted by Crippen LogP contribution is -2.47. The van der Waals surface area contributed by atoms with Gasteiger partial charge in [-0.1, -0.05) is 0 Å². The molecule has 0 aliphatic carbocycles. The highest BCUT2D eigenvalue weighted by Crippen LogP contribution is 2.20. The molecule has 0 unspecified atom stereocenters. The van der Waals surface area contributed by atoms with E-state index in [9.17, 15) is 9.90 Å². The smallest absolute Gasteiger partial charge is 0.276 e. The molecule has 0 bridgehead atoms. The zero-order chi connectivity index (χ0) is 15.4. The molecule has 0 spiro atoms. The molecule has 0 saturated carbocycles. The molecular formula is C14H25N5O2. The van der Waals surface area contributed by atoms with Crippen LogP contribution in [0.25, 0.3) is 0 Å². The van der Waals surface area contributed by atoms with Crippen molar-refractivity contribution >= 4 is 11.6 Å². The van der Waals surface area contributed by atoms with Gasteiger partial charge in [-0.05, 0) is 39.9 Å². The molecule has 7 nitrogen and oxygen atoms in total. The van der Waals surface area contributed by atoms with E-state index in [0.29, 0.717) is 24.5 Å². The fraction of sp³-hybridized carbons (Fsp3) is 0.714. The molecule has 7 heteroatoms. The standard InChI is InChI=1S/C14H25N5O2/c1-3-18-10-12(15)13(16-18)14(21)19(8-9-20)11-4-6-17(2)7-5-11/h10-11,20H,3-9,15H2,1-2H3. The van der Waals surface area contributed by atoms with E-state index in [4.69, 9.17) is 5.73 Å². The molecule has 2 rings (SSSR count). The Bertz CT molecular complexity index is 480. The van der Waals surface area contributed by atoms with Gasteiger partial charge in [0.1, 0.15) is 0 Å². The Kier molecular flexibility index (Phi) is 5.19. The molecule has 1 aliphatic rings. The zero-order valence-electron chi connectivity index (χ0n) is 12.8. The van der Waals surface area contributed by atoms with Crippen molar-refractivity contribution in [3.63, 3.8) is 0 Å². The molecule has 118 valence electrons. The summed E-state index contributed by atoms with van der Waals surface area (Å²) in [6.45, 7) is 4.81. The SMILES string of the molecule is CCn1cc(N)c(C(=O)N(CCO)C2CCN(C)CC2)n1. The van der Waals surface area contributed by atoms with Crippen LogP contribution in [0.5, 0.6) is 0 Å². The van der Waals surface area contributed by atoms with Crippen molar-refractivity contribution in [1.82, 2.24) is 19.6 Å². The third-order valence-electron chi connectivity index (χ3n) is 4.05. The summed E-state index contributed by atoms with van der Waals surface area (Å²) in [6, 6.07) is 0.145. The first-order chi connectivity index (χ1) is 10.1. The van der Waals surface area contributed by atoms with Gasteiger partial charge in [-0.25, -0.2) is 0 Å². The first kappa shape index (κ1) is 15.8. The number of amides is 1. The lowest BCUT2D eigenvalue weighted by molar-refractivity contribution is 0.0534. The highest BCUT2D eigenvalue weighted by molar-refractivity contribution is 5.97. The zero-order valence-corrected chi connectivity index (χ0v) is 12.8. The fourth-order valence-corrected chi connectivity index (χ4v) is 2.77. The fourth-order valence-electron chi connectivity index (χ4n) is 2.77. The van der Waals surface area contributed by atoms with Gasteiger partial charge in [-0.2, -0.15) is 5.10 Å². The summed E-state index contributed by atoms with van der Waals surface area (Å²) in [5, 5.41) is 13.5. The van der Waals surface area contributed by atoms with Crippen LogP contribution in [0.2, 0.25) is 0 Å². The van der Waals surface area contributed by atoms with Crippen LogP contribution in [0.15, 0.2) is 6.20 Å². The minimum atomic E-state index is -0.177.